The summed E-state index contributed by atoms with van der Waals surface area (Å²) in [5, 5.41) is 5.93. The van der Waals surface area contributed by atoms with E-state index in [1.165, 1.54) is 4.90 Å². The molecule has 2 aromatic heterocycles. The quantitative estimate of drug-likeness (QED) is 0.579. The lowest BCUT2D eigenvalue weighted by molar-refractivity contribution is -0.115. The van der Waals surface area contributed by atoms with E-state index in [-0.39, 0.29) is 31.4 Å². The Kier molecular flexibility index (Phi) is 5.55. The summed E-state index contributed by atoms with van der Waals surface area (Å²) < 4.78 is 0. The zero-order chi connectivity index (χ0) is 21.1. The molecule has 4 N–H and O–H groups in total. The predicted molar refractivity (Wildman–Crippen MR) is 113 cm³/mol. The Balaban J connectivity index is 1.54. The van der Waals surface area contributed by atoms with Crippen LogP contribution < -0.4 is 21.3 Å². The molecule has 10 heteroatoms. The number of carbonyl (C=O) groups is 2. The van der Waals surface area contributed by atoms with Gasteiger partial charge in [-0.1, -0.05) is 17.7 Å². The number of nitrogens with two attached hydrogens (primary N) is 1. The van der Waals surface area contributed by atoms with Crippen molar-refractivity contribution in [3.63, 3.8) is 0 Å². The number of nitrogens with one attached hydrogen (secondary N) is 2. The zero-order valence-electron chi connectivity index (χ0n) is 15.8. The van der Waals surface area contributed by atoms with E-state index >= 15 is 0 Å². The number of hydrogen-bond donors (Lipinski definition) is 3. The monoisotopic (exact) mass is 423 g/mol. The summed E-state index contributed by atoms with van der Waals surface area (Å²) in [6.45, 7) is 0.415. The molecule has 3 amide bonds. The van der Waals surface area contributed by atoms with Crippen molar-refractivity contribution in [2.24, 2.45) is 5.73 Å². The average molecular weight is 424 g/mol. The van der Waals surface area contributed by atoms with Gasteiger partial charge >= 0.3 is 6.03 Å². The van der Waals surface area contributed by atoms with Gasteiger partial charge in [0.1, 0.15) is 11.6 Å². The van der Waals surface area contributed by atoms with E-state index in [0.29, 0.717) is 28.0 Å². The SMILES string of the molecule is NCc1ncc2c(n1)NC(=O)N(c1cc(NC(=O)Cc3cccnc3)ccc1Cl)C2. The second kappa shape index (κ2) is 8.44. The number of carbonyl (C=O) groups excluding carboxylic acids is 2. The number of amides is 3. The van der Waals surface area contributed by atoms with Crippen LogP contribution in [0.2, 0.25) is 5.02 Å². The van der Waals surface area contributed by atoms with Crippen molar-refractivity contribution in [3.05, 3.63) is 70.9 Å². The number of urea groups is 1. The van der Waals surface area contributed by atoms with Gasteiger partial charge in [-0.3, -0.25) is 20.0 Å². The molecule has 1 aliphatic rings. The number of aromatic nitrogens is 3. The fourth-order valence-electron chi connectivity index (χ4n) is 3.06. The third-order valence-corrected chi connectivity index (χ3v) is 4.82. The van der Waals surface area contributed by atoms with E-state index in [4.69, 9.17) is 17.3 Å². The number of nitrogens with zero attached hydrogens (tertiary/aromatic N) is 4. The van der Waals surface area contributed by atoms with Crippen LogP contribution in [0.3, 0.4) is 0 Å². The average Bonchev–Trinajstić information content (AvgIpc) is 2.75. The topological polar surface area (TPSA) is 126 Å². The van der Waals surface area contributed by atoms with Crippen LogP contribution in [0.25, 0.3) is 0 Å². The Morgan fingerprint density at radius 2 is 2.17 bits per heavy atom. The highest BCUT2D eigenvalue weighted by Gasteiger charge is 2.27. The van der Waals surface area contributed by atoms with Crippen LogP contribution in [-0.2, 0) is 24.3 Å². The summed E-state index contributed by atoms with van der Waals surface area (Å²) in [6, 6.07) is 8.18. The molecule has 152 valence electrons. The zero-order valence-corrected chi connectivity index (χ0v) is 16.6. The second-order valence-electron chi connectivity index (χ2n) is 6.63. The van der Waals surface area contributed by atoms with Crippen molar-refractivity contribution in [2.75, 3.05) is 15.5 Å². The van der Waals surface area contributed by atoms with E-state index in [0.717, 1.165) is 11.1 Å². The lowest BCUT2D eigenvalue weighted by Crippen LogP contribution is -2.39. The summed E-state index contributed by atoms with van der Waals surface area (Å²) in [7, 11) is 0. The number of fused-ring (bicyclic) bond motifs is 1. The van der Waals surface area contributed by atoms with Gasteiger partial charge in [-0.05, 0) is 29.8 Å². The molecule has 0 radical (unpaired) electrons. The first-order valence-corrected chi connectivity index (χ1v) is 9.53. The van der Waals surface area contributed by atoms with Crippen molar-refractivity contribution >= 4 is 40.7 Å². The third-order valence-electron chi connectivity index (χ3n) is 4.50. The summed E-state index contributed by atoms with van der Waals surface area (Å²) in [4.78, 5) is 38.9. The van der Waals surface area contributed by atoms with Gasteiger partial charge in [0, 0.05) is 29.8 Å². The first-order valence-electron chi connectivity index (χ1n) is 9.15. The van der Waals surface area contributed by atoms with E-state index < -0.39 is 0 Å². The molecule has 0 saturated carbocycles. The highest BCUT2D eigenvalue weighted by molar-refractivity contribution is 6.34. The van der Waals surface area contributed by atoms with Crippen LogP contribution in [0.15, 0.2) is 48.9 Å². The van der Waals surface area contributed by atoms with Gasteiger partial charge in [-0.25, -0.2) is 14.8 Å². The highest BCUT2D eigenvalue weighted by atomic mass is 35.5. The summed E-state index contributed by atoms with van der Waals surface area (Å²) in [5.74, 6) is 0.676. The fraction of sp³-hybridized carbons (Fsp3) is 0.150. The molecular formula is C20H18ClN7O2. The summed E-state index contributed by atoms with van der Waals surface area (Å²) in [6.07, 6.45) is 5.10. The molecule has 1 aliphatic heterocycles. The molecule has 3 heterocycles. The highest BCUT2D eigenvalue weighted by Crippen LogP contribution is 2.33. The third kappa shape index (κ3) is 4.22. The van der Waals surface area contributed by atoms with Gasteiger partial charge in [-0.15, -0.1) is 0 Å². The van der Waals surface area contributed by atoms with Crippen LogP contribution in [0, 0.1) is 0 Å². The van der Waals surface area contributed by atoms with Crippen LogP contribution in [0.5, 0.6) is 0 Å². The minimum absolute atomic E-state index is 0.180. The van der Waals surface area contributed by atoms with Gasteiger partial charge < -0.3 is 11.1 Å². The molecule has 0 aliphatic carbocycles. The molecule has 0 atom stereocenters. The van der Waals surface area contributed by atoms with Gasteiger partial charge in [-0.2, -0.15) is 0 Å². The van der Waals surface area contributed by atoms with Crippen LogP contribution in [-0.4, -0.2) is 26.9 Å². The molecule has 4 rings (SSSR count). The molecule has 9 nitrogen and oxygen atoms in total. The molecule has 0 bridgehead atoms. The number of rotatable bonds is 5. The van der Waals surface area contributed by atoms with Crippen molar-refractivity contribution in [2.45, 2.75) is 19.5 Å². The van der Waals surface area contributed by atoms with Crippen LogP contribution in [0.1, 0.15) is 17.0 Å². The number of hydrogen-bond acceptors (Lipinski definition) is 6. The molecular weight excluding hydrogens is 406 g/mol. The largest absolute Gasteiger partial charge is 0.327 e. The smallest absolute Gasteiger partial charge is 0.326 e. The van der Waals surface area contributed by atoms with Gasteiger partial charge in [0.25, 0.3) is 0 Å². The van der Waals surface area contributed by atoms with Crippen molar-refractivity contribution in [1.82, 2.24) is 15.0 Å². The summed E-state index contributed by atoms with van der Waals surface area (Å²) in [5.41, 5.74) is 8.07. The van der Waals surface area contributed by atoms with Crippen molar-refractivity contribution < 1.29 is 9.59 Å². The standard InChI is InChI=1S/C20H18ClN7O2/c21-15-4-3-14(25-18(29)6-12-2-1-5-23-9-12)7-16(15)28-11-13-10-24-17(8-22)26-19(13)27-20(28)30/h1-5,7,9-10H,6,8,11,22H2,(H,25,29)(H,24,26,27,30). The molecule has 3 aromatic rings. The first kappa shape index (κ1) is 19.7. The Bertz CT molecular complexity index is 1110. The molecule has 30 heavy (non-hydrogen) atoms. The molecule has 0 spiro atoms. The lowest BCUT2D eigenvalue weighted by Gasteiger charge is -2.29. The Hall–Kier alpha value is -3.56. The van der Waals surface area contributed by atoms with Crippen LogP contribution in [0.4, 0.5) is 22.0 Å². The Morgan fingerprint density at radius 3 is 2.93 bits per heavy atom. The number of benzene rings is 1. The normalized spacial score (nSPS) is 12.9. The van der Waals surface area contributed by atoms with E-state index in [1.807, 2.05) is 6.07 Å². The van der Waals surface area contributed by atoms with E-state index in [2.05, 4.69) is 25.6 Å². The summed E-state index contributed by atoms with van der Waals surface area (Å²) >= 11 is 6.35. The first-order chi connectivity index (χ1) is 14.5. The second-order valence-corrected chi connectivity index (χ2v) is 7.04. The lowest BCUT2D eigenvalue weighted by atomic mass is 10.2. The number of pyridine rings is 1. The van der Waals surface area contributed by atoms with Gasteiger partial charge in [0.2, 0.25) is 5.91 Å². The maximum atomic E-state index is 12.7. The van der Waals surface area contributed by atoms with E-state index in [9.17, 15) is 9.59 Å². The molecule has 0 unspecified atom stereocenters. The van der Waals surface area contributed by atoms with Gasteiger partial charge in [0.05, 0.1) is 30.2 Å². The molecule has 0 fully saturated rings. The van der Waals surface area contributed by atoms with Gasteiger partial charge in [0.15, 0.2) is 0 Å². The predicted octanol–water partition coefficient (Wildman–Crippen LogP) is 2.72. The molecule has 0 saturated heterocycles. The Morgan fingerprint density at radius 1 is 1.30 bits per heavy atom. The number of anilines is 3. The van der Waals surface area contributed by atoms with Crippen molar-refractivity contribution in [3.8, 4) is 0 Å². The van der Waals surface area contributed by atoms with Crippen LogP contribution >= 0.6 is 11.6 Å². The maximum absolute atomic E-state index is 12.7. The minimum atomic E-state index is -0.384. The minimum Gasteiger partial charge on any atom is -0.326 e. The molecule has 1 aromatic carbocycles. The Labute approximate surface area is 177 Å². The van der Waals surface area contributed by atoms with E-state index in [1.54, 1.807) is 42.9 Å². The number of halogens is 1. The maximum Gasteiger partial charge on any atom is 0.327 e. The fourth-order valence-corrected chi connectivity index (χ4v) is 3.28. The van der Waals surface area contributed by atoms with Crippen molar-refractivity contribution in [1.29, 1.82) is 0 Å².